The summed E-state index contributed by atoms with van der Waals surface area (Å²) in [7, 11) is 0. The molecule has 1 rings (SSSR count). The minimum Gasteiger partial charge on any atom is -0.340 e. The first-order valence-electron chi connectivity index (χ1n) is 7.50. The number of thiophene rings is 1. The van der Waals surface area contributed by atoms with E-state index >= 15 is 0 Å². The Morgan fingerprint density at radius 1 is 1.37 bits per heavy atom. The summed E-state index contributed by atoms with van der Waals surface area (Å²) in [5, 5.41) is 2.10. The van der Waals surface area contributed by atoms with Gasteiger partial charge in [0.25, 0.3) is 0 Å². The normalized spacial score (nSPS) is 12.4. The number of rotatable bonds is 9. The fraction of sp³-hybridized carbons (Fsp3) is 0.688. The number of aryl methyl sites for hydroxylation is 1. The van der Waals surface area contributed by atoms with Crippen molar-refractivity contribution in [3.05, 3.63) is 22.4 Å². The molecule has 0 radical (unpaired) electrons. The minimum absolute atomic E-state index is 0.333. The van der Waals surface area contributed by atoms with E-state index in [1.807, 2.05) is 0 Å². The van der Waals surface area contributed by atoms with Crippen LogP contribution in [0, 0.1) is 0 Å². The fourth-order valence-corrected chi connectivity index (χ4v) is 2.90. The second-order valence-electron chi connectivity index (χ2n) is 5.13. The summed E-state index contributed by atoms with van der Waals surface area (Å²) in [6, 6.07) is 4.61. The van der Waals surface area contributed by atoms with E-state index in [1.54, 1.807) is 11.3 Å². The SMILES string of the molecule is CCCCN(C(=O)CCCc1cccs1)C(C)CC. The van der Waals surface area contributed by atoms with Crippen LogP contribution < -0.4 is 0 Å². The van der Waals surface area contributed by atoms with Gasteiger partial charge in [0.05, 0.1) is 0 Å². The number of nitrogens with zero attached hydrogens (tertiary/aromatic N) is 1. The van der Waals surface area contributed by atoms with E-state index in [0.29, 0.717) is 18.4 Å². The van der Waals surface area contributed by atoms with Crippen molar-refractivity contribution >= 4 is 17.2 Å². The summed E-state index contributed by atoms with van der Waals surface area (Å²) in [6.07, 6.45) is 5.99. The molecule has 0 aliphatic rings. The molecule has 19 heavy (non-hydrogen) atoms. The van der Waals surface area contributed by atoms with Crippen molar-refractivity contribution in [1.29, 1.82) is 0 Å². The van der Waals surface area contributed by atoms with Gasteiger partial charge in [0.1, 0.15) is 0 Å². The fourth-order valence-electron chi connectivity index (χ4n) is 2.15. The van der Waals surface area contributed by atoms with Crippen LogP contribution in [0.1, 0.15) is 57.8 Å². The van der Waals surface area contributed by atoms with Crippen LogP contribution in [0.2, 0.25) is 0 Å². The van der Waals surface area contributed by atoms with Gasteiger partial charge in [0.15, 0.2) is 0 Å². The van der Waals surface area contributed by atoms with Gasteiger partial charge in [0.2, 0.25) is 5.91 Å². The van der Waals surface area contributed by atoms with Crippen molar-refractivity contribution in [3.63, 3.8) is 0 Å². The number of unbranched alkanes of at least 4 members (excludes halogenated alkanes) is 1. The molecule has 0 N–H and O–H groups in total. The third kappa shape index (κ3) is 5.77. The molecule has 2 nitrogen and oxygen atoms in total. The Balaban J connectivity index is 2.37. The highest BCUT2D eigenvalue weighted by Gasteiger charge is 2.17. The Kier molecular flexibility index (Phi) is 7.80. The molecule has 1 amide bonds. The lowest BCUT2D eigenvalue weighted by molar-refractivity contribution is -0.133. The van der Waals surface area contributed by atoms with Crippen LogP contribution >= 0.6 is 11.3 Å². The molecule has 1 heterocycles. The molecule has 0 saturated carbocycles. The second-order valence-corrected chi connectivity index (χ2v) is 6.16. The number of hydrogen-bond acceptors (Lipinski definition) is 2. The monoisotopic (exact) mass is 281 g/mol. The summed E-state index contributed by atoms with van der Waals surface area (Å²) < 4.78 is 0. The maximum absolute atomic E-state index is 12.3. The molecule has 3 heteroatoms. The predicted octanol–water partition coefficient (Wildman–Crippen LogP) is 4.50. The van der Waals surface area contributed by atoms with Gasteiger partial charge in [-0.1, -0.05) is 26.3 Å². The number of amides is 1. The molecular formula is C16H27NOS. The maximum Gasteiger partial charge on any atom is 0.222 e. The van der Waals surface area contributed by atoms with E-state index in [2.05, 4.69) is 43.2 Å². The summed E-state index contributed by atoms with van der Waals surface area (Å²) in [5.74, 6) is 0.333. The minimum atomic E-state index is 0.333. The lowest BCUT2D eigenvalue weighted by Crippen LogP contribution is -2.38. The number of hydrogen-bond donors (Lipinski definition) is 0. The molecular weight excluding hydrogens is 254 g/mol. The average Bonchev–Trinajstić information content (AvgIpc) is 2.92. The highest BCUT2D eigenvalue weighted by atomic mass is 32.1. The summed E-state index contributed by atoms with van der Waals surface area (Å²) >= 11 is 1.78. The van der Waals surface area contributed by atoms with Crippen LogP contribution in [0.4, 0.5) is 0 Å². The van der Waals surface area contributed by atoms with Crippen LogP contribution in [-0.2, 0) is 11.2 Å². The molecule has 0 aromatic carbocycles. The zero-order valence-corrected chi connectivity index (χ0v) is 13.3. The van der Waals surface area contributed by atoms with Gasteiger partial charge in [-0.05, 0) is 44.1 Å². The maximum atomic E-state index is 12.3. The molecule has 0 bridgehead atoms. The Labute approximate surface area is 121 Å². The molecule has 0 spiro atoms. The van der Waals surface area contributed by atoms with Crippen LogP contribution in [0.3, 0.4) is 0 Å². The molecule has 1 aromatic rings. The van der Waals surface area contributed by atoms with Gasteiger partial charge >= 0.3 is 0 Å². The summed E-state index contributed by atoms with van der Waals surface area (Å²) in [6.45, 7) is 7.41. The first-order chi connectivity index (χ1) is 9.19. The van der Waals surface area contributed by atoms with Crippen molar-refractivity contribution in [2.24, 2.45) is 0 Å². The van der Waals surface area contributed by atoms with E-state index in [1.165, 1.54) is 4.88 Å². The standard InChI is InChI=1S/C16H27NOS/c1-4-6-12-17(14(3)5-2)16(18)11-7-9-15-10-8-13-19-15/h8,10,13-14H,4-7,9,11-12H2,1-3H3. The van der Waals surface area contributed by atoms with Crippen LogP contribution in [-0.4, -0.2) is 23.4 Å². The van der Waals surface area contributed by atoms with Crippen LogP contribution in [0.5, 0.6) is 0 Å². The first kappa shape index (κ1) is 16.2. The van der Waals surface area contributed by atoms with Gasteiger partial charge in [-0.3, -0.25) is 4.79 Å². The van der Waals surface area contributed by atoms with Gasteiger partial charge < -0.3 is 4.90 Å². The van der Waals surface area contributed by atoms with Crippen molar-refractivity contribution in [3.8, 4) is 0 Å². The third-order valence-corrected chi connectivity index (χ3v) is 4.53. The van der Waals surface area contributed by atoms with Crippen molar-refractivity contribution in [2.45, 2.75) is 65.3 Å². The number of carbonyl (C=O) groups is 1. The molecule has 0 aliphatic heterocycles. The van der Waals surface area contributed by atoms with E-state index < -0.39 is 0 Å². The van der Waals surface area contributed by atoms with Crippen molar-refractivity contribution < 1.29 is 4.79 Å². The Hall–Kier alpha value is -0.830. The zero-order valence-electron chi connectivity index (χ0n) is 12.5. The smallest absolute Gasteiger partial charge is 0.222 e. The van der Waals surface area contributed by atoms with E-state index in [-0.39, 0.29) is 0 Å². The Morgan fingerprint density at radius 2 is 2.16 bits per heavy atom. The Bertz CT molecular complexity index is 348. The van der Waals surface area contributed by atoms with E-state index in [0.717, 1.165) is 38.6 Å². The zero-order chi connectivity index (χ0) is 14.1. The van der Waals surface area contributed by atoms with E-state index in [9.17, 15) is 4.79 Å². The van der Waals surface area contributed by atoms with E-state index in [4.69, 9.17) is 0 Å². The molecule has 1 unspecified atom stereocenters. The molecule has 1 atom stereocenters. The number of carbonyl (C=O) groups excluding carboxylic acids is 1. The highest BCUT2D eigenvalue weighted by molar-refractivity contribution is 7.09. The summed E-state index contributed by atoms with van der Waals surface area (Å²) in [4.78, 5) is 15.8. The molecule has 108 valence electrons. The van der Waals surface area contributed by atoms with Crippen LogP contribution in [0.25, 0.3) is 0 Å². The molecule has 0 aliphatic carbocycles. The van der Waals surface area contributed by atoms with Gasteiger partial charge in [0, 0.05) is 23.9 Å². The summed E-state index contributed by atoms with van der Waals surface area (Å²) in [5.41, 5.74) is 0. The Morgan fingerprint density at radius 3 is 2.74 bits per heavy atom. The quantitative estimate of drug-likeness (QED) is 0.652. The molecule has 0 fully saturated rings. The molecule has 0 saturated heterocycles. The topological polar surface area (TPSA) is 20.3 Å². The van der Waals surface area contributed by atoms with Crippen LogP contribution in [0.15, 0.2) is 17.5 Å². The third-order valence-electron chi connectivity index (χ3n) is 3.59. The largest absolute Gasteiger partial charge is 0.340 e. The van der Waals surface area contributed by atoms with Gasteiger partial charge in [-0.2, -0.15) is 0 Å². The highest BCUT2D eigenvalue weighted by Crippen LogP contribution is 2.14. The predicted molar refractivity (Wildman–Crippen MR) is 83.6 cm³/mol. The second kappa shape index (κ2) is 9.13. The van der Waals surface area contributed by atoms with Crippen molar-refractivity contribution in [2.75, 3.05) is 6.54 Å². The van der Waals surface area contributed by atoms with Crippen molar-refractivity contribution in [1.82, 2.24) is 4.90 Å². The average molecular weight is 281 g/mol. The lowest BCUT2D eigenvalue weighted by atomic mass is 10.1. The molecule has 1 aromatic heterocycles. The first-order valence-corrected chi connectivity index (χ1v) is 8.38. The lowest BCUT2D eigenvalue weighted by Gasteiger charge is -2.28. The van der Waals surface area contributed by atoms with Gasteiger partial charge in [-0.25, -0.2) is 0 Å². The van der Waals surface area contributed by atoms with Gasteiger partial charge in [-0.15, -0.1) is 11.3 Å².